The van der Waals surface area contributed by atoms with Crippen LogP contribution in [0.25, 0.3) is 0 Å². The molecule has 3 N–H and O–H groups in total. The smallest absolute Gasteiger partial charge is 0.227 e. The Hall–Kier alpha value is -1.36. The van der Waals surface area contributed by atoms with Gasteiger partial charge in [0.2, 0.25) is 5.91 Å². The number of rotatable bonds is 4. The molecule has 5 nitrogen and oxygen atoms in total. The van der Waals surface area contributed by atoms with Crippen LogP contribution in [0.15, 0.2) is 12.3 Å². The van der Waals surface area contributed by atoms with Crippen molar-refractivity contribution < 1.29 is 4.79 Å². The largest absolute Gasteiger partial charge is 0.350 e. The Morgan fingerprint density at radius 1 is 1.69 bits per heavy atom. The molecule has 0 bridgehead atoms. The Bertz CT molecular complexity index is 376. The van der Waals surface area contributed by atoms with Gasteiger partial charge in [-0.15, -0.1) is 0 Å². The Kier molecular flexibility index (Phi) is 2.96. The van der Waals surface area contributed by atoms with Gasteiger partial charge in [-0.05, 0) is 18.9 Å². The van der Waals surface area contributed by atoms with Gasteiger partial charge in [0.25, 0.3) is 0 Å². The number of amides is 1. The second-order valence-electron chi connectivity index (χ2n) is 4.47. The van der Waals surface area contributed by atoms with Crippen LogP contribution in [-0.4, -0.2) is 22.2 Å². The first kappa shape index (κ1) is 11.1. The zero-order chi connectivity index (χ0) is 11.6. The Morgan fingerprint density at radius 3 is 2.88 bits per heavy atom. The van der Waals surface area contributed by atoms with E-state index in [9.17, 15) is 4.79 Å². The lowest BCUT2D eigenvalue weighted by molar-refractivity contribution is -0.135. The molecule has 16 heavy (non-hydrogen) atoms. The summed E-state index contributed by atoms with van der Waals surface area (Å²) in [7, 11) is 1.86. The summed E-state index contributed by atoms with van der Waals surface area (Å²) in [5.74, 6) is 0.0856. The molecular formula is C11H18N4O. The summed E-state index contributed by atoms with van der Waals surface area (Å²) >= 11 is 0. The third-order valence-electron chi connectivity index (χ3n) is 3.54. The average molecular weight is 222 g/mol. The highest BCUT2D eigenvalue weighted by molar-refractivity contribution is 5.83. The SMILES string of the molecule is Cn1nccc1CNC(=O)C1(CN)CCC1. The Labute approximate surface area is 95.0 Å². The molecule has 88 valence electrons. The van der Waals surface area contributed by atoms with Crippen molar-refractivity contribution in [2.75, 3.05) is 6.54 Å². The molecule has 2 rings (SSSR count). The van der Waals surface area contributed by atoms with Crippen LogP contribution in [0.4, 0.5) is 0 Å². The van der Waals surface area contributed by atoms with Gasteiger partial charge in [-0.1, -0.05) is 6.42 Å². The van der Waals surface area contributed by atoms with Crippen LogP contribution in [0.3, 0.4) is 0 Å². The minimum Gasteiger partial charge on any atom is -0.350 e. The topological polar surface area (TPSA) is 72.9 Å². The second kappa shape index (κ2) is 4.25. The summed E-state index contributed by atoms with van der Waals surface area (Å²) in [6.45, 7) is 0.974. The number of aryl methyl sites for hydroxylation is 1. The van der Waals surface area contributed by atoms with Gasteiger partial charge in [-0.25, -0.2) is 0 Å². The fraction of sp³-hybridized carbons (Fsp3) is 0.636. The third kappa shape index (κ3) is 1.82. The van der Waals surface area contributed by atoms with Crippen molar-refractivity contribution in [3.05, 3.63) is 18.0 Å². The standard InChI is InChI=1S/C11H18N4O/c1-15-9(3-6-14-15)7-13-10(16)11(8-12)4-2-5-11/h3,6H,2,4-5,7-8,12H2,1H3,(H,13,16). The summed E-state index contributed by atoms with van der Waals surface area (Å²) in [6, 6.07) is 1.90. The maximum atomic E-state index is 12.0. The maximum Gasteiger partial charge on any atom is 0.227 e. The zero-order valence-corrected chi connectivity index (χ0v) is 9.57. The minimum atomic E-state index is -0.293. The van der Waals surface area contributed by atoms with E-state index in [2.05, 4.69) is 10.4 Å². The molecule has 1 aromatic rings. The van der Waals surface area contributed by atoms with Crippen LogP contribution >= 0.6 is 0 Å². The number of hydrogen-bond donors (Lipinski definition) is 2. The number of nitrogens with zero attached hydrogens (tertiary/aromatic N) is 2. The van der Waals surface area contributed by atoms with Crippen molar-refractivity contribution in [1.82, 2.24) is 15.1 Å². The van der Waals surface area contributed by atoms with E-state index >= 15 is 0 Å². The van der Waals surface area contributed by atoms with E-state index in [0.717, 1.165) is 25.0 Å². The van der Waals surface area contributed by atoms with Crippen molar-refractivity contribution in [2.24, 2.45) is 18.2 Å². The van der Waals surface area contributed by atoms with Crippen LogP contribution in [0.2, 0.25) is 0 Å². The summed E-state index contributed by atoms with van der Waals surface area (Å²) < 4.78 is 1.76. The molecule has 0 unspecified atom stereocenters. The molecule has 1 amide bonds. The Balaban J connectivity index is 1.91. The molecule has 5 heteroatoms. The summed E-state index contributed by atoms with van der Waals surface area (Å²) in [5, 5.41) is 6.99. The molecule has 1 aliphatic carbocycles. The number of carbonyl (C=O) groups excluding carboxylic acids is 1. The first-order valence-electron chi connectivity index (χ1n) is 5.63. The van der Waals surface area contributed by atoms with E-state index in [4.69, 9.17) is 5.73 Å². The van der Waals surface area contributed by atoms with E-state index in [1.54, 1.807) is 10.9 Å². The second-order valence-corrected chi connectivity index (χ2v) is 4.47. The van der Waals surface area contributed by atoms with Crippen LogP contribution in [0.1, 0.15) is 25.0 Å². The highest BCUT2D eigenvalue weighted by Gasteiger charge is 2.42. The molecule has 1 fully saturated rings. The van der Waals surface area contributed by atoms with Gasteiger partial charge in [0.15, 0.2) is 0 Å². The van der Waals surface area contributed by atoms with Crippen molar-refractivity contribution in [1.29, 1.82) is 0 Å². The van der Waals surface area contributed by atoms with Crippen molar-refractivity contribution >= 4 is 5.91 Å². The van der Waals surface area contributed by atoms with Gasteiger partial charge in [0.1, 0.15) is 0 Å². The molecule has 0 spiro atoms. The molecule has 1 aromatic heterocycles. The number of hydrogen-bond acceptors (Lipinski definition) is 3. The van der Waals surface area contributed by atoms with E-state index < -0.39 is 0 Å². The average Bonchev–Trinajstić information content (AvgIpc) is 2.60. The monoisotopic (exact) mass is 222 g/mol. The van der Waals surface area contributed by atoms with Gasteiger partial charge in [-0.3, -0.25) is 9.48 Å². The number of aromatic nitrogens is 2. The molecule has 0 atom stereocenters. The van der Waals surface area contributed by atoms with E-state index in [1.807, 2.05) is 13.1 Å². The minimum absolute atomic E-state index is 0.0856. The summed E-state index contributed by atoms with van der Waals surface area (Å²) in [4.78, 5) is 12.0. The lowest BCUT2D eigenvalue weighted by atomic mass is 9.68. The predicted octanol–water partition coefficient (Wildman–Crippen LogP) is 0.165. The Morgan fingerprint density at radius 2 is 2.44 bits per heavy atom. The zero-order valence-electron chi connectivity index (χ0n) is 9.57. The first-order chi connectivity index (χ1) is 7.68. The fourth-order valence-electron chi connectivity index (χ4n) is 2.06. The highest BCUT2D eigenvalue weighted by atomic mass is 16.2. The van der Waals surface area contributed by atoms with Crippen LogP contribution < -0.4 is 11.1 Å². The van der Waals surface area contributed by atoms with Crippen molar-refractivity contribution in [3.63, 3.8) is 0 Å². The van der Waals surface area contributed by atoms with Crippen LogP contribution in [0.5, 0.6) is 0 Å². The molecule has 1 saturated carbocycles. The third-order valence-corrected chi connectivity index (χ3v) is 3.54. The summed E-state index contributed by atoms with van der Waals surface area (Å²) in [5.41, 5.74) is 6.38. The van der Waals surface area contributed by atoms with E-state index in [0.29, 0.717) is 13.1 Å². The van der Waals surface area contributed by atoms with Gasteiger partial charge in [0.05, 0.1) is 17.7 Å². The number of nitrogens with one attached hydrogen (secondary N) is 1. The van der Waals surface area contributed by atoms with Gasteiger partial charge < -0.3 is 11.1 Å². The molecule has 1 aliphatic rings. The first-order valence-corrected chi connectivity index (χ1v) is 5.63. The summed E-state index contributed by atoms with van der Waals surface area (Å²) in [6.07, 6.45) is 4.67. The number of nitrogens with two attached hydrogens (primary N) is 1. The molecule has 0 aromatic carbocycles. The number of carbonyl (C=O) groups is 1. The van der Waals surface area contributed by atoms with Crippen LogP contribution in [-0.2, 0) is 18.4 Å². The molecular weight excluding hydrogens is 204 g/mol. The van der Waals surface area contributed by atoms with Crippen LogP contribution in [0, 0.1) is 5.41 Å². The predicted molar refractivity (Wildman–Crippen MR) is 60.4 cm³/mol. The molecule has 0 radical (unpaired) electrons. The van der Waals surface area contributed by atoms with Crippen molar-refractivity contribution in [3.8, 4) is 0 Å². The van der Waals surface area contributed by atoms with Crippen molar-refractivity contribution in [2.45, 2.75) is 25.8 Å². The molecule has 0 saturated heterocycles. The molecule has 0 aliphatic heterocycles. The molecule has 1 heterocycles. The van der Waals surface area contributed by atoms with Gasteiger partial charge in [-0.2, -0.15) is 5.10 Å². The van der Waals surface area contributed by atoms with Gasteiger partial charge >= 0.3 is 0 Å². The quantitative estimate of drug-likeness (QED) is 0.762. The highest BCUT2D eigenvalue weighted by Crippen LogP contribution is 2.39. The normalized spacial score (nSPS) is 17.9. The lowest BCUT2D eigenvalue weighted by Gasteiger charge is -2.39. The van der Waals surface area contributed by atoms with E-state index in [1.165, 1.54) is 0 Å². The van der Waals surface area contributed by atoms with Gasteiger partial charge in [0, 0.05) is 19.8 Å². The fourth-order valence-corrected chi connectivity index (χ4v) is 2.06. The maximum absolute atomic E-state index is 12.0. The van der Waals surface area contributed by atoms with E-state index in [-0.39, 0.29) is 11.3 Å². The lowest BCUT2D eigenvalue weighted by Crippen LogP contribution is -2.50.